The van der Waals surface area contributed by atoms with E-state index < -0.39 is 67.1 Å². The summed E-state index contributed by atoms with van der Waals surface area (Å²) >= 11 is 0. The van der Waals surface area contributed by atoms with E-state index in [9.17, 15) is 25.5 Å². The maximum atomic E-state index is 10.5. The van der Waals surface area contributed by atoms with Crippen LogP contribution in [0.4, 0.5) is 0 Å². The highest BCUT2D eigenvalue weighted by Gasteiger charge is 2.55. The minimum Gasteiger partial charge on any atom is -0.387 e. The van der Waals surface area contributed by atoms with E-state index in [1.807, 2.05) is 0 Å². The van der Waals surface area contributed by atoms with Crippen molar-refractivity contribution < 1.29 is 57.5 Å². The maximum absolute atomic E-state index is 10.5. The molecule has 0 amide bonds. The highest BCUT2D eigenvalue weighted by molar-refractivity contribution is 4.99. The number of hydrogen-bond donors (Lipinski definition) is 9. The summed E-state index contributed by atoms with van der Waals surface area (Å²) in [7, 11) is 1.67. The standard InChI is InChI=1S/C13H28N4O7/c1-17-6-10(21)8(19)4(15)12(11(6)22)24-13-5(16)9(20)7(18)3(2-14)23-13/h3-13,17-22H,2,14-16H2,1H3/p+4/t3-,4+,5-,6+,7-,8+,9-,10+,11-,12-,13-/m1/s1. The molecule has 142 valence electrons. The van der Waals surface area contributed by atoms with Crippen LogP contribution < -0.4 is 22.5 Å². The van der Waals surface area contributed by atoms with E-state index in [1.165, 1.54) is 0 Å². The first-order chi connectivity index (χ1) is 11.2. The maximum Gasteiger partial charge on any atom is 0.214 e. The molecule has 11 nitrogen and oxygen atoms in total. The highest BCUT2D eigenvalue weighted by Crippen LogP contribution is 2.25. The molecule has 2 rings (SSSR count). The SMILES string of the molecule is C[NH2+][C@H]1[C@H](O)[C@@H](O)[C@H]([NH3+])[C@@H](O[C@H]2O[C@H](C[NH3+])[C@@H](O)[C@H](O)[C@H]2[NH3+])[C@@H]1O. The Labute approximate surface area is 139 Å². The quantitative estimate of drug-likeness (QED) is 0.236. The second-order valence-electron chi connectivity index (χ2n) is 6.62. The highest BCUT2D eigenvalue weighted by atomic mass is 16.7. The van der Waals surface area contributed by atoms with Gasteiger partial charge < -0.3 is 57.5 Å². The van der Waals surface area contributed by atoms with Gasteiger partial charge in [-0.1, -0.05) is 0 Å². The molecule has 2 fully saturated rings. The van der Waals surface area contributed by atoms with Crippen molar-refractivity contribution in [1.82, 2.24) is 0 Å². The molecule has 1 aliphatic heterocycles. The number of likely N-dealkylation sites (N-methyl/N-ethyl adjacent to an activating group) is 1. The lowest BCUT2D eigenvalue weighted by Crippen LogP contribution is -2.97. The fourth-order valence-corrected chi connectivity index (χ4v) is 3.44. The van der Waals surface area contributed by atoms with Crippen LogP contribution in [-0.2, 0) is 9.47 Å². The van der Waals surface area contributed by atoms with Gasteiger partial charge in [-0.25, -0.2) is 0 Å². The lowest BCUT2D eigenvalue weighted by molar-refractivity contribution is -0.690. The average Bonchev–Trinajstić information content (AvgIpc) is 2.57. The van der Waals surface area contributed by atoms with Gasteiger partial charge in [0.05, 0.1) is 7.05 Å². The molecule has 16 N–H and O–H groups in total. The van der Waals surface area contributed by atoms with Crippen LogP contribution in [0, 0.1) is 0 Å². The van der Waals surface area contributed by atoms with Crippen LogP contribution in [0.25, 0.3) is 0 Å². The van der Waals surface area contributed by atoms with E-state index >= 15 is 0 Å². The summed E-state index contributed by atoms with van der Waals surface area (Å²) in [6.07, 6.45) is -8.36. The van der Waals surface area contributed by atoms with Crippen LogP contribution in [0.15, 0.2) is 0 Å². The molecule has 1 saturated heterocycles. The average molecular weight is 356 g/mol. The fraction of sp³-hybridized carbons (Fsp3) is 1.00. The topological polar surface area (TPSA) is 219 Å². The van der Waals surface area contributed by atoms with Crippen LogP contribution >= 0.6 is 0 Å². The summed E-state index contributed by atoms with van der Waals surface area (Å²) in [4.78, 5) is 0. The van der Waals surface area contributed by atoms with Crippen molar-refractivity contribution in [3.8, 4) is 0 Å². The minimum absolute atomic E-state index is 0.221. The van der Waals surface area contributed by atoms with E-state index in [0.29, 0.717) is 0 Å². The van der Waals surface area contributed by atoms with Gasteiger partial charge in [-0.3, -0.25) is 0 Å². The molecule has 0 aromatic rings. The van der Waals surface area contributed by atoms with E-state index in [4.69, 9.17) is 9.47 Å². The summed E-state index contributed by atoms with van der Waals surface area (Å²) in [6.45, 7) is 0.221. The van der Waals surface area contributed by atoms with Crippen molar-refractivity contribution in [3.05, 3.63) is 0 Å². The largest absolute Gasteiger partial charge is 0.387 e. The number of hydrogen-bond acceptors (Lipinski definition) is 7. The lowest BCUT2D eigenvalue weighted by Gasteiger charge is -2.44. The number of rotatable bonds is 4. The Morgan fingerprint density at radius 1 is 0.917 bits per heavy atom. The summed E-state index contributed by atoms with van der Waals surface area (Å²) in [5.41, 5.74) is 11.2. The van der Waals surface area contributed by atoms with Gasteiger partial charge in [0.15, 0.2) is 6.04 Å². The van der Waals surface area contributed by atoms with Crippen LogP contribution in [0.5, 0.6) is 0 Å². The molecule has 11 atom stereocenters. The summed E-state index contributed by atoms with van der Waals surface area (Å²) in [5.74, 6) is 0. The predicted molar refractivity (Wildman–Crippen MR) is 76.3 cm³/mol. The summed E-state index contributed by atoms with van der Waals surface area (Å²) in [6, 6.07) is -2.28. The summed E-state index contributed by atoms with van der Waals surface area (Å²) in [5, 5.41) is 52.3. The van der Waals surface area contributed by atoms with Crippen LogP contribution in [0.3, 0.4) is 0 Å². The Hall–Kier alpha value is -0.440. The number of nitrogens with two attached hydrogens (primary N) is 1. The Morgan fingerprint density at radius 2 is 1.50 bits per heavy atom. The van der Waals surface area contributed by atoms with Gasteiger partial charge in [-0.05, 0) is 0 Å². The molecule has 1 aliphatic carbocycles. The van der Waals surface area contributed by atoms with Crippen molar-refractivity contribution in [3.63, 3.8) is 0 Å². The van der Waals surface area contributed by atoms with Gasteiger partial charge in [-0.15, -0.1) is 0 Å². The van der Waals surface area contributed by atoms with Crippen molar-refractivity contribution >= 4 is 0 Å². The second kappa shape index (κ2) is 7.85. The van der Waals surface area contributed by atoms with E-state index in [2.05, 4.69) is 17.2 Å². The van der Waals surface area contributed by atoms with Crippen LogP contribution in [-0.4, -0.2) is 106 Å². The smallest absolute Gasteiger partial charge is 0.214 e. The van der Waals surface area contributed by atoms with Gasteiger partial charge in [0.1, 0.15) is 61.4 Å². The second-order valence-corrected chi connectivity index (χ2v) is 6.62. The minimum atomic E-state index is -1.18. The Bertz CT molecular complexity index is 418. The molecular weight excluding hydrogens is 324 g/mol. The van der Waals surface area contributed by atoms with E-state index in [1.54, 1.807) is 12.4 Å². The normalized spacial score (nSPS) is 53.1. The Balaban J connectivity index is 2.15. The summed E-state index contributed by atoms with van der Waals surface area (Å²) < 4.78 is 11.4. The molecule has 11 heteroatoms. The molecule has 0 unspecified atom stereocenters. The van der Waals surface area contributed by atoms with Gasteiger partial charge in [-0.2, -0.15) is 0 Å². The number of quaternary nitrogens is 4. The molecular formula is C13H32N4O7+4. The lowest BCUT2D eigenvalue weighted by atomic mass is 9.81. The van der Waals surface area contributed by atoms with Crippen LogP contribution in [0.1, 0.15) is 0 Å². The molecule has 0 spiro atoms. The van der Waals surface area contributed by atoms with Crippen LogP contribution in [0.2, 0.25) is 0 Å². The van der Waals surface area contributed by atoms with Crippen molar-refractivity contribution in [1.29, 1.82) is 0 Å². The van der Waals surface area contributed by atoms with E-state index in [0.717, 1.165) is 0 Å². The number of aliphatic hydroxyl groups is 5. The Kier molecular flexibility index (Phi) is 6.50. The molecule has 0 bridgehead atoms. The molecule has 1 heterocycles. The molecule has 1 saturated carbocycles. The Morgan fingerprint density at radius 3 is 2.04 bits per heavy atom. The van der Waals surface area contributed by atoms with Gasteiger partial charge >= 0.3 is 0 Å². The molecule has 2 aliphatic rings. The van der Waals surface area contributed by atoms with Crippen molar-refractivity contribution in [2.24, 2.45) is 0 Å². The van der Waals surface area contributed by atoms with E-state index in [-0.39, 0.29) is 6.54 Å². The molecule has 0 radical (unpaired) electrons. The zero-order valence-corrected chi connectivity index (χ0v) is 13.8. The monoisotopic (exact) mass is 356 g/mol. The molecule has 0 aromatic carbocycles. The van der Waals surface area contributed by atoms with Gasteiger partial charge in [0.2, 0.25) is 6.29 Å². The van der Waals surface area contributed by atoms with Crippen molar-refractivity contribution in [2.45, 2.75) is 67.1 Å². The van der Waals surface area contributed by atoms with Crippen molar-refractivity contribution in [2.75, 3.05) is 13.6 Å². The zero-order chi connectivity index (χ0) is 18.2. The molecule has 0 aromatic heterocycles. The fourth-order valence-electron chi connectivity index (χ4n) is 3.44. The first kappa shape index (κ1) is 19.9. The van der Waals surface area contributed by atoms with Gasteiger partial charge in [0.25, 0.3) is 0 Å². The predicted octanol–water partition coefficient (Wildman–Crippen LogP) is -9.06. The number of aliphatic hydroxyl groups excluding tert-OH is 5. The third-order valence-electron chi connectivity index (χ3n) is 5.12. The number of ether oxygens (including phenoxy) is 2. The molecule has 24 heavy (non-hydrogen) atoms. The zero-order valence-electron chi connectivity index (χ0n) is 13.8. The first-order valence-electron chi connectivity index (χ1n) is 8.20. The van der Waals surface area contributed by atoms with Gasteiger partial charge in [0, 0.05) is 0 Å². The third kappa shape index (κ3) is 3.43. The third-order valence-corrected chi connectivity index (χ3v) is 5.12. The first-order valence-corrected chi connectivity index (χ1v) is 8.20.